The summed E-state index contributed by atoms with van der Waals surface area (Å²) in [6.07, 6.45) is -2.00. The van der Waals surface area contributed by atoms with Gasteiger partial charge in [0, 0.05) is 16.6 Å². The van der Waals surface area contributed by atoms with Crippen LogP contribution in [0.15, 0.2) is 40.9 Å². The fourth-order valence-electron chi connectivity index (χ4n) is 3.85. The molecule has 0 aliphatic rings. The van der Waals surface area contributed by atoms with Crippen LogP contribution in [0.1, 0.15) is 49.5 Å². The van der Waals surface area contributed by atoms with Gasteiger partial charge in [0.25, 0.3) is 5.91 Å². The van der Waals surface area contributed by atoms with Gasteiger partial charge in [-0.15, -0.1) is 0 Å². The number of halogens is 4. The van der Waals surface area contributed by atoms with Crippen molar-refractivity contribution >= 4 is 39.6 Å². The van der Waals surface area contributed by atoms with Crippen molar-refractivity contribution in [2.45, 2.75) is 64.4 Å². The van der Waals surface area contributed by atoms with Gasteiger partial charge in [-0.1, -0.05) is 41.9 Å². The lowest BCUT2D eigenvalue weighted by atomic mass is 10.0. The molecule has 0 fully saturated rings. The first kappa shape index (κ1) is 34.7. The Balaban J connectivity index is 2.10. The number of hydrogen-bond acceptors (Lipinski definition) is 6. The number of hydrogen-bond donors (Lipinski definition) is 5. The van der Waals surface area contributed by atoms with Crippen molar-refractivity contribution in [3.05, 3.63) is 69.4 Å². The zero-order valence-electron chi connectivity index (χ0n) is 23.3. The summed E-state index contributed by atoms with van der Waals surface area (Å²) in [7, 11) is 0. The molecule has 10 nitrogen and oxygen atoms in total. The normalized spacial score (nSPS) is 14.0. The van der Waals surface area contributed by atoms with Gasteiger partial charge in [-0.05, 0) is 37.0 Å². The Kier molecular flexibility index (Phi) is 13.4. The van der Waals surface area contributed by atoms with Crippen molar-refractivity contribution in [1.29, 1.82) is 0 Å². The molecular weight excluding hydrogens is 625 g/mol. The number of rotatable bonds is 15. The molecule has 0 radical (unpaired) electrons. The summed E-state index contributed by atoms with van der Waals surface area (Å²) in [5, 5.41) is 17.9. The number of carbonyl (C=O) groups is 4. The van der Waals surface area contributed by atoms with Gasteiger partial charge in [0.1, 0.15) is 35.1 Å². The van der Waals surface area contributed by atoms with Gasteiger partial charge in [-0.2, -0.15) is 0 Å². The fourth-order valence-corrected chi connectivity index (χ4v) is 4.11. The summed E-state index contributed by atoms with van der Waals surface area (Å²) < 4.78 is 48.1. The van der Waals surface area contributed by atoms with E-state index in [1.165, 1.54) is 6.92 Å². The van der Waals surface area contributed by atoms with Crippen LogP contribution in [0.2, 0.25) is 0 Å². The Bertz CT molecular complexity index is 1240. The highest BCUT2D eigenvalue weighted by Crippen LogP contribution is 2.16. The lowest BCUT2D eigenvalue weighted by Gasteiger charge is -2.25. The first-order chi connectivity index (χ1) is 19.7. The standard InChI is InChI=1S/C28H34BrF3N4O6/c1-14(2)8-21(26(33)39)35-27(40)15(3)34-24(38)11-23(37)22(13-42-12-16-4-6-17(29)7-5-16)36-28(41)25-19(31)9-18(30)10-20(25)32/h4-7,9-10,14-15,21-23,37H,8,11-13H2,1-3H3,(H2,33,39)(H,34,38)(H,35,40)(H,36,41)/t15-,21-,22-,23-/m0/s1. The van der Waals surface area contributed by atoms with Gasteiger partial charge in [0.2, 0.25) is 17.7 Å². The molecule has 0 saturated heterocycles. The van der Waals surface area contributed by atoms with Crippen LogP contribution < -0.4 is 21.7 Å². The van der Waals surface area contributed by atoms with Crippen molar-refractivity contribution in [1.82, 2.24) is 16.0 Å². The van der Waals surface area contributed by atoms with E-state index in [-0.39, 0.29) is 25.6 Å². The van der Waals surface area contributed by atoms with E-state index in [2.05, 4.69) is 31.9 Å². The molecule has 2 aromatic carbocycles. The molecule has 0 aliphatic carbocycles. The average molecular weight is 660 g/mol. The van der Waals surface area contributed by atoms with Crippen molar-refractivity contribution in [3.63, 3.8) is 0 Å². The second kappa shape index (κ2) is 16.2. The Morgan fingerprint density at radius 3 is 2.12 bits per heavy atom. The molecule has 14 heteroatoms. The van der Waals surface area contributed by atoms with Crippen LogP contribution in [0.3, 0.4) is 0 Å². The summed E-state index contributed by atoms with van der Waals surface area (Å²) in [5.74, 6) is -7.63. The first-order valence-corrected chi connectivity index (χ1v) is 13.8. The van der Waals surface area contributed by atoms with Crippen LogP contribution in [-0.2, 0) is 25.7 Å². The van der Waals surface area contributed by atoms with Crippen LogP contribution in [0.25, 0.3) is 0 Å². The molecule has 6 N–H and O–H groups in total. The minimum Gasteiger partial charge on any atom is -0.390 e. The fraction of sp³-hybridized carbons (Fsp3) is 0.429. The third-order valence-electron chi connectivity index (χ3n) is 6.03. The second-order valence-corrected chi connectivity index (χ2v) is 11.0. The van der Waals surface area contributed by atoms with Crippen LogP contribution in [-0.4, -0.2) is 59.6 Å². The first-order valence-electron chi connectivity index (χ1n) is 13.0. The van der Waals surface area contributed by atoms with Crippen molar-refractivity contribution < 1.29 is 42.2 Å². The van der Waals surface area contributed by atoms with E-state index in [0.717, 1.165) is 10.0 Å². The van der Waals surface area contributed by atoms with Crippen molar-refractivity contribution in [3.8, 4) is 0 Å². The predicted octanol–water partition coefficient (Wildman–Crippen LogP) is 2.45. The molecule has 0 spiro atoms. The summed E-state index contributed by atoms with van der Waals surface area (Å²) in [6, 6.07) is 4.28. The summed E-state index contributed by atoms with van der Waals surface area (Å²) in [5.41, 5.74) is 4.99. The molecule has 4 atom stereocenters. The van der Waals surface area contributed by atoms with Crippen LogP contribution in [0, 0.1) is 23.4 Å². The quantitative estimate of drug-likeness (QED) is 0.198. The van der Waals surface area contributed by atoms with Crippen molar-refractivity contribution in [2.75, 3.05) is 6.61 Å². The minimum atomic E-state index is -1.64. The molecule has 0 heterocycles. The maximum Gasteiger partial charge on any atom is 0.257 e. The van der Waals surface area contributed by atoms with E-state index in [4.69, 9.17) is 10.5 Å². The Labute approximate surface area is 249 Å². The zero-order valence-corrected chi connectivity index (χ0v) is 24.8. The molecule has 0 bridgehead atoms. The van der Waals surface area contributed by atoms with E-state index < -0.39 is 77.3 Å². The summed E-state index contributed by atoms with van der Waals surface area (Å²) >= 11 is 3.31. The highest BCUT2D eigenvalue weighted by molar-refractivity contribution is 9.10. The van der Waals surface area contributed by atoms with E-state index in [9.17, 15) is 37.5 Å². The monoisotopic (exact) mass is 658 g/mol. The smallest absolute Gasteiger partial charge is 0.257 e. The minimum absolute atomic E-state index is 0.0342. The maximum atomic E-state index is 14.2. The van der Waals surface area contributed by atoms with Crippen LogP contribution >= 0.6 is 15.9 Å². The predicted molar refractivity (Wildman–Crippen MR) is 150 cm³/mol. The van der Waals surface area contributed by atoms with Gasteiger partial charge in [0.15, 0.2) is 0 Å². The third kappa shape index (κ3) is 11.1. The molecule has 42 heavy (non-hydrogen) atoms. The number of carbonyl (C=O) groups excluding carboxylic acids is 4. The van der Waals surface area contributed by atoms with E-state index >= 15 is 0 Å². The summed E-state index contributed by atoms with van der Waals surface area (Å²) in [4.78, 5) is 49.5. The number of aliphatic hydroxyl groups excluding tert-OH is 1. The second-order valence-electron chi connectivity index (χ2n) is 10.1. The number of aliphatic hydroxyl groups is 1. The van der Waals surface area contributed by atoms with Gasteiger partial charge in [-0.3, -0.25) is 19.2 Å². The highest BCUT2D eigenvalue weighted by Gasteiger charge is 2.29. The third-order valence-corrected chi connectivity index (χ3v) is 6.56. The van der Waals surface area contributed by atoms with Crippen LogP contribution in [0.4, 0.5) is 13.2 Å². The molecule has 0 aliphatic heterocycles. The van der Waals surface area contributed by atoms with Gasteiger partial charge in [-0.25, -0.2) is 13.2 Å². The summed E-state index contributed by atoms with van der Waals surface area (Å²) in [6.45, 7) is 4.68. The molecule has 2 aromatic rings. The lowest BCUT2D eigenvalue weighted by Crippen LogP contribution is -2.53. The topological polar surface area (TPSA) is 160 Å². The number of ether oxygens (including phenoxy) is 1. The molecule has 0 unspecified atom stereocenters. The molecular formula is C28H34BrF3N4O6. The molecule has 230 valence electrons. The van der Waals surface area contributed by atoms with Gasteiger partial charge >= 0.3 is 0 Å². The van der Waals surface area contributed by atoms with Crippen molar-refractivity contribution in [2.24, 2.45) is 11.7 Å². The number of amides is 4. The average Bonchev–Trinajstić information content (AvgIpc) is 2.87. The Morgan fingerprint density at radius 1 is 0.976 bits per heavy atom. The molecule has 0 saturated carbocycles. The van der Waals surface area contributed by atoms with E-state index in [0.29, 0.717) is 12.1 Å². The van der Waals surface area contributed by atoms with Gasteiger partial charge in [0.05, 0.1) is 31.8 Å². The number of nitrogens with one attached hydrogen (secondary N) is 3. The lowest BCUT2D eigenvalue weighted by molar-refractivity contribution is -0.132. The molecule has 0 aromatic heterocycles. The highest BCUT2D eigenvalue weighted by atomic mass is 79.9. The van der Waals surface area contributed by atoms with E-state index in [1.54, 1.807) is 24.3 Å². The molecule has 4 amide bonds. The largest absolute Gasteiger partial charge is 0.390 e. The molecule has 2 rings (SSSR count). The number of primary amides is 1. The Hall–Kier alpha value is -3.49. The number of nitrogens with two attached hydrogens (primary N) is 1. The SMILES string of the molecule is CC(C)C[C@H](NC(=O)[C@H](C)NC(=O)C[C@H](O)[C@H](COCc1ccc(Br)cc1)NC(=O)c1c(F)cc(F)cc1F)C(N)=O. The zero-order chi connectivity index (χ0) is 31.6. The maximum absolute atomic E-state index is 14.2. The van der Waals surface area contributed by atoms with E-state index in [1.807, 2.05) is 13.8 Å². The van der Waals surface area contributed by atoms with Crippen LogP contribution in [0.5, 0.6) is 0 Å². The van der Waals surface area contributed by atoms with Gasteiger partial charge < -0.3 is 31.5 Å². The number of benzene rings is 2. The Morgan fingerprint density at radius 2 is 1.57 bits per heavy atom.